The highest BCUT2D eigenvalue weighted by molar-refractivity contribution is 5.32. The molecule has 0 aromatic rings. The zero-order chi connectivity index (χ0) is 7.98. The van der Waals surface area contributed by atoms with Gasteiger partial charge in [-0.3, -0.25) is 4.99 Å². The number of nitrogens with zero attached hydrogens (tertiary/aromatic N) is 2. The molecule has 0 aliphatic carbocycles. The first kappa shape index (κ1) is 8.64. The SMILES string of the molecule is C=N/C=C(C)\C=C(/C)C#N. The maximum atomic E-state index is 8.36. The normalized spacial score (nSPS) is 12.5. The highest BCUT2D eigenvalue weighted by Gasteiger charge is 1.83. The van der Waals surface area contributed by atoms with Gasteiger partial charge < -0.3 is 0 Å². The quantitative estimate of drug-likeness (QED) is 0.323. The summed E-state index contributed by atoms with van der Waals surface area (Å²) >= 11 is 0. The fourth-order valence-corrected chi connectivity index (χ4v) is 0.555. The van der Waals surface area contributed by atoms with Crippen molar-refractivity contribution in [1.29, 1.82) is 5.26 Å². The summed E-state index contributed by atoms with van der Waals surface area (Å²) in [5.74, 6) is 0. The lowest BCUT2D eigenvalue weighted by Gasteiger charge is -1.86. The fraction of sp³-hybridized carbons (Fsp3) is 0.250. The third-order valence-electron chi connectivity index (χ3n) is 0.915. The van der Waals surface area contributed by atoms with E-state index in [0.29, 0.717) is 5.57 Å². The van der Waals surface area contributed by atoms with Gasteiger partial charge in [0.2, 0.25) is 0 Å². The summed E-state index contributed by atoms with van der Waals surface area (Å²) < 4.78 is 0. The molecule has 0 radical (unpaired) electrons. The lowest BCUT2D eigenvalue weighted by atomic mass is 10.2. The molecular formula is C8H10N2. The van der Waals surface area contributed by atoms with E-state index in [1.165, 1.54) is 0 Å². The molecule has 0 aromatic carbocycles. The van der Waals surface area contributed by atoms with Crippen LogP contribution in [0.4, 0.5) is 0 Å². The topological polar surface area (TPSA) is 36.1 Å². The van der Waals surface area contributed by atoms with Crippen LogP contribution in [0.5, 0.6) is 0 Å². The van der Waals surface area contributed by atoms with Crippen LogP contribution in [0.2, 0.25) is 0 Å². The first-order valence-electron chi connectivity index (χ1n) is 2.91. The summed E-state index contributed by atoms with van der Waals surface area (Å²) in [4.78, 5) is 3.56. The Kier molecular flexibility index (Phi) is 3.90. The van der Waals surface area contributed by atoms with Gasteiger partial charge >= 0.3 is 0 Å². The van der Waals surface area contributed by atoms with Crippen molar-refractivity contribution in [2.45, 2.75) is 13.8 Å². The third kappa shape index (κ3) is 3.62. The molecule has 10 heavy (non-hydrogen) atoms. The van der Waals surface area contributed by atoms with E-state index < -0.39 is 0 Å². The van der Waals surface area contributed by atoms with E-state index in [-0.39, 0.29) is 0 Å². The lowest BCUT2D eigenvalue weighted by molar-refractivity contribution is 1.38. The molecule has 0 aromatic heterocycles. The van der Waals surface area contributed by atoms with Gasteiger partial charge in [0.15, 0.2) is 0 Å². The first-order valence-corrected chi connectivity index (χ1v) is 2.91. The average molecular weight is 134 g/mol. The molecule has 2 heteroatoms. The van der Waals surface area contributed by atoms with Gasteiger partial charge in [0.1, 0.15) is 0 Å². The van der Waals surface area contributed by atoms with Crippen LogP contribution >= 0.6 is 0 Å². The highest BCUT2D eigenvalue weighted by atomic mass is 14.6. The maximum Gasteiger partial charge on any atom is 0.0944 e. The van der Waals surface area contributed by atoms with Crippen LogP contribution in [0.25, 0.3) is 0 Å². The second-order valence-corrected chi connectivity index (χ2v) is 1.99. The van der Waals surface area contributed by atoms with E-state index in [2.05, 4.69) is 11.7 Å². The molecule has 0 saturated carbocycles. The number of hydrogen-bond acceptors (Lipinski definition) is 2. The highest BCUT2D eigenvalue weighted by Crippen LogP contribution is 1.99. The summed E-state index contributed by atoms with van der Waals surface area (Å²) in [6, 6.07) is 2.01. The molecule has 0 aliphatic rings. The molecule has 0 saturated heterocycles. The second kappa shape index (κ2) is 4.51. The molecule has 0 N–H and O–H groups in total. The molecule has 0 unspecified atom stereocenters. The zero-order valence-electron chi connectivity index (χ0n) is 6.26. The fourth-order valence-electron chi connectivity index (χ4n) is 0.555. The molecule has 0 rings (SSSR count). The van der Waals surface area contributed by atoms with E-state index in [0.717, 1.165) is 5.57 Å². The van der Waals surface area contributed by atoms with Gasteiger partial charge in [-0.2, -0.15) is 5.26 Å². The predicted molar refractivity (Wildman–Crippen MR) is 42.7 cm³/mol. The van der Waals surface area contributed by atoms with Crippen molar-refractivity contribution in [2.75, 3.05) is 0 Å². The standard InChI is InChI=1S/C8H10N2/c1-7(5-9)4-8(2)6-10-3/h4,6H,3H2,1-2H3/b7-4+,8-6-. The summed E-state index contributed by atoms with van der Waals surface area (Å²) in [5, 5.41) is 8.36. The van der Waals surface area contributed by atoms with Crippen LogP contribution in [-0.4, -0.2) is 6.72 Å². The van der Waals surface area contributed by atoms with Crippen LogP contribution in [0.3, 0.4) is 0 Å². The van der Waals surface area contributed by atoms with Gasteiger partial charge in [-0.25, -0.2) is 0 Å². The summed E-state index contributed by atoms with van der Waals surface area (Å²) in [5.41, 5.74) is 1.62. The Labute approximate surface area is 61.2 Å². The van der Waals surface area contributed by atoms with Crippen molar-refractivity contribution in [3.63, 3.8) is 0 Å². The largest absolute Gasteiger partial charge is 0.272 e. The van der Waals surface area contributed by atoms with Crippen molar-refractivity contribution < 1.29 is 0 Å². The monoisotopic (exact) mass is 134 g/mol. The first-order chi connectivity index (χ1) is 4.70. The third-order valence-corrected chi connectivity index (χ3v) is 0.915. The number of hydrogen-bond donors (Lipinski definition) is 0. The van der Waals surface area contributed by atoms with E-state index in [1.807, 2.05) is 13.0 Å². The van der Waals surface area contributed by atoms with Crippen LogP contribution in [-0.2, 0) is 0 Å². The predicted octanol–water partition coefficient (Wildman–Crippen LogP) is 2.06. The van der Waals surface area contributed by atoms with Crippen molar-refractivity contribution in [3.8, 4) is 6.07 Å². The van der Waals surface area contributed by atoms with Crippen LogP contribution in [0.15, 0.2) is 28.4 Å². The summed E-state index contributed by atoms with van der Waals surface area (Å²) in [6.07, 6.45) is 3.37. The second-order valence-electron chi connectivity index (χ2n) is 1.99. The Balaban J connectivity index is 4.29. The van der Waals surface area contributed by atoms with E-state index >= 15 is 0 Å². The lowest BCUT2D eigenvalue weighted by Crippen LogP contribution is -1.70. The van der Waals surface area contributed by atoms with Crippen LogP contribution in [0.1, 0.15) is 13.8 Å². The molecule has 0 amide bonds. The van der Waals surface area contributed by atoms with Crippen molar-refractivity contribution in [1.82, 2.24) is 0 Å². The molecule has 52 valence electrons. The minimum absolute atomic E-state index is 0.678. The number of rotatable bonds is 2. The van der Waals surface area contributed by atoms with Gasteiger partial charge in [0, 0.05) is 11.8 Å². The average Bonchev–Trinajstić information content (AvgIpc) is 1.88. The minimum atomic E-state index is 0.678. The summed E-state index contributed by atoms with van der Waals surface area (Å²) in [6.45, 7) is 6.92. The molecule has 0 fully saturated rings. The van der Waals surface area contributed by atoms with E-state index in [1.54, 1.807) is 19.2 Å². The number of nitriles is 1. The maximum absolute atomic E-state index is 8.36. The molecule has 0 bridgehead atoms. The Morgan fingerprint density at radius 2 is 2.20 bits per heavy atom. The molecular weight excluding hydrogens is 124 g/mol. The van der Waals surface area contributed by atoms with Gasteiger partial charge in [-0.15, -0.1) is 0 Å². The molecule has 0 atom stereocenters. The van der Waals surface area contributed by atoms with Crippen molar-refractivity contribution in [3.05, 3.63) is 23.4 Å². The van der Waals surface area contributed by atoms with Gasteiger partial charge in [0.05, 0.1) is 6.07 Å². The number of allylic oxidation sites excluding steroid dienone is 3. The molecule has 2 nitrogen and oxygen atoms in total. The zero-order valence-corrected chi connectivity index (χ0v) is 6.26. The van der Waals surface area contributed by atoms with E-state index in [9.17, 15) is 0 Å². The Bertz CT molecular complexity index is 216. The van der Waals surface area contributed by atoms with E-state index in [4.69, 9.17) is 5.26 Å². The molecule has 0 aliphatic heterocycles. The van der Waals surface area contributed by atoms with Gasteiger partial charge in [-0.05, 0) is 32.2 Å². The smallest absolute Gasteiger partial charge is 0.0944 e. The van der Waals surface area contributed by atoms with Gasteiger partial charge in [0.25, 0.3) is 0 Å². The van der Waals surface area contributed by atoms with Gasteiger partial charge in [-0.1, -0.05) is 0 Å². The Hall–Kier alpha value is -1.36. The van der Waals surface area contributed by atoms with Crippen LogP contribution < -0.4 is 0 Å². The Morgan fingerprint density at radius 3 is 2.60 bits per heavy atom. The van der Waals surface area contributed by atoms with Crippen LogP contribution in [0, 0.1) is 11.3 Å². The number of aliphatic imine (C=N–C) groups is 1. The molecule has 0 spiro atoms. The summed E-state index contributed by atoms with van der Waals surface area (Å²) in [7, 11) is 0. The Morgan fingerprint density at radius 1 is 1.60 bits per heavy atom. The van der Waals surface area contributed by atoms with Crippen molar-refractivity contribution in [2.24, 2.45) is 4.99 Å². The molecule has 0 heterocycles. The van der Waals surface area contributed by atoms with Crippen molar-refractivity contribution >= 4 is 6.72 Å². The minimum Gasteiger partial charge on any atom is -0.272 e.